The molecule has 0 atom stereocenters. The van der Waals surface area contributed by atoms with Gasteiger partial charge in [0, 0.05) is 37.4 Å². The maximum atomic E-state index is 12.0. The maximum Gasteiger partial charge on any atom is 0.320 e. The molecule has 0 bridgehead atoms. The van der Waals surface area contributed by atoms with E-state index in [4.69, 9.17) is 16.3 Å². The number of halogens is 1. The predicted octanol–water partition coefficient (Wildman–Crippen LogP) is 3.26. The quantitative estimate of drug-likeness (QED) is 0.749. The van der Waals surface area contributed by atoms with Gasteiger partial charge in [0.2, 0.25) is 0 Å². The van der Waals surface area contributed by atoms with Crippen molar-refractivity contribution >= 4 is 23.3 Å². The van der Waals surface area contributed by atoms with Crippen LogP contribution in [0.1, 0.15) is 20.8 Å². The van der Waals surface area contributed by atoms with Gasteiger partial charge in [0.25, 0.3) is 0 Å². The molecule has 144 valence electrons. The largest absolute Gasteiger partial charge is 0.459 e. The van der Waals surface area contributed by atoms with Crippen LogP contribution in [0.3, 0.4) is 0 Å². The summed E-state index contributed by atoms with van der Waals surface area (Å²) in [5, 5.41) is 8.05. The second kappa shape index (κ2) is 8.23. The molecule has 1 aliphatic heterocycles. The van der Waals surface area contributed by atoms with E-state index in [1.54, 1.807) is 12.3 Å². The molecule has 2 aromatic rings. The highest BCUT2D eigenvalue weighted by Gasteiger charge is 2.22. The van der Waals surface area contributed by atoms with E-state index in [-0.39, 0.29) is 5.97 Å². The number of carbonyl (C=O) groups excluding carboxylic acids is 1. The summed E-state index contributed by atoms with van der Waals surface area (Å²) in [6.07, 6.45) is 1.70. The standard InChI is InChI=1S/C20H25ClN4O2/c1-20(2,3)27-19(26)14-24-8-10-25(11-9-24)17-6-4-15(5-7-17)16-12-18(21)23-22-13-16/h4-7,12-13H,8-11,14H2,1-3H3. The van der Waals surface area contributed by atoms with Crippen molar-refractivity contribution in [2.45, 2.75) is 26.4 Å². The zero-order valence-electron chi connectivity index (χ0n) is 16.0. The molecule has 1 aliphatic rings. The van der Waals surface area contributed by atoms with E-state index in [0.29, 0.717) is 11.7 Å². The Morgan fingerprint density at radius 2 is 1.78 bits per heavy atom. The molecular formula is C20H25ClN4O2. The van der Waals surface area contributed by atoms with Crippen molar-refractivity contribution in [3.05, 3.63) is 41.7 Å². The molecule has 0 aliphatic carbocycles. The van der Waals surface area contributed by atoms with Crippen LogP contribution in [0.4, 0.5) is 5.69 Å². The molecule has 27 heavy (non-hydrogen) atoms. The first-order valence-electron chi connectivity index (χ1n) is 9.08. The minimum Gasteiger partial charge on any atom is -0.459 e. The summed E-state index contributed by atoms with van der Waals surface area (Å²) in [6, 6.07) is 10.1. The van der Waals surface area contributed by atoms with Crippen molar-refractivity contribution in [1.82, 2.24) is 15.1 Å². The Labute approximate surface area is 165 Å². The molecule has 1 fully saturated rings. The number of piperazine rings is 1. The number of hydrogen-bond acceptors (Lipinski definition) is 6. The zero-order valence-corrected chi connectivity index (χ0v) is 16.7. The monoisotopic (exact) mass is 388 g/mol. The van der Waals surface area contributed by atoms with Gasteiger partial charge in [-0.1, -0.05) is 23.7 Å². The van der Waals surface area contributed by atoms with Gasteiger partial charge >= 0.3 is 5.97 Å². The van der Waals surface area contributed by atoms with Crippen LogP contribution in [-0.2, 0) is 9.53 Å². The van der Waals surface area contributed by atoms with Gasteiger partial charge in [-0.15, -0.1) is 5.10 Å². The molecule has 0 spiro atoms. The van der Waals surface area contributed by atoms with Crippen LogP contribution in [0.25, 0.3) is 11.1 Å². The number of esters is 1. The Balaban J connectivity index is 1.54. The molecular weight excluding hydrogens is 364 g/mol. The number of hydrogen-bond donors (Lipinski definition) is 0. The Hall–Kier alpha value is -2.18. The zero-order chi connectivity index (χ0) is 19.4. The number of nitrogens with zero attached hydrogens (tertiary/aromatic N) is 4. The molecule has 0 radical (unpaired) electrons. The van der Waals surface area contributed by atoms with Gasteiger partial charge in [-0.25, -0.2) is 0 Å². The smallest absolute Gasteiger partial charge is 0.320 e. The van der Waals surface area contributed by atoms with E-state index in [1.165, 1.54) is 5.69 Å². The molecule has 1 aromatic heterocycles. The summed E-state index contributed by atoms with van der Waals surface area (Å²) in [5.41, 5.74) is 2.74. The maximum absolute atomic E-state index is 12.0. The fraction of sp³-hybridized carbons (Fsp3) is 0.450. The van der Waals surface area contributed by atoms with Crippen molar-refractivity contribution in [1.29, 1.82) is 0 Å². The Morgan fingerprint density at radius 3 is 2.37 bits per heavy atom. The average Bonchev–Trinajstić information content (AvgIpc) is 2.61. The summed E-state index contributed by atoms with van der Waals surface area (Å²) in [6.45, 7) is 9.46. The van der Waals surface area contributed by atoms with E-state index in [2.05, 4.69) is 44.3 Å². The lowest BCUT2D eigenvalue weighted by Crippen LogP contribution is -2.48. The molecule has 2 heterocycles. The molecule has 0 unspecified atom stereocenters. The number of ether oxygens (including phenoxy) is 1. The van der Waals surface area contributed by atoms with Crippen molar-refractivity contribution < 1.29 is 9.53 Å². The minimum atomic E-state index is -0.435. The highest BCUT2D eigenvalue weighted by atomic mass is 35.5. The van der Waals surface area contributed by atoms with E-state index in [9.17, 15) is 4.79 Å². The second-order valence-electron chi connectivity index (χ2n) is 7.66. The third-order valence-electron chi connectivity index (χ3n) is 4.34. The van der Waals surface area contributed by atoms with Gasteiger partial charge in [0.1, 0.15) is 5.60 Å². The van der Waals surface area contributed by atoms with Crippen molar-refractivity contribution in [3.8, 4) is 11.1 Å². The Bertz CT molecular complexity index is 781. The highest BCUT2D eigenvalue weighted by Crippen LogP contribution is 2.24. The Kier molecular flexibility index (Phi) is 5.97. The minimum absolute atomic E-state index is 0.162. The number of aromatic nitrogens is 2. The third kappa shape index (κ3) is 5.65. The van der Waals surface area contributed by atoms with Crippen LogP contribution < -0.4 is 4.90 Å². The van der Waals surface area contributed by atoms with Crippen molar-refractivity contribution in [2.24, 2.45) is 0 Å². The summed E-state index contributed by atoms with van der Waals surface area (Å²) < 4.78 is 5.40. The van der Waals surface area contributed by atoms with E-state index >= 15 is 0 Å². The van der Waals surface area contributed by atoms with Gasteiger partial charge in [-0.3, -0.25) is 9.69 Å². The van der Waals surface area contributed by atoms with Crippen LogP contribution in [0.2, 0.25) is 5.15 Å². The molecule has 1 aromatic carbocycles. The number of benzene rings is 1. The first kappa shape index (κ1) is 19.6. The van der Waals surface area contributed by atoms with Gasteiger partial charge in [-0.05, 0) is 44.5 Å². The summed E-state index contributed by atoms with van der Waals surface area (Å²) in [7, 11) is 0. The number of anilines is 1. The molecule has 6 nitrogen and oxygen atoms in total. The number of rotatable bonds is 4. The van der Waals surface area contributed by atoms with Gasteiger partial charge in [0.15, 0.2) is 5.15 Å². The predicted molar refractivity (Wildman–Crippen MR) is 107 cm³/mol. The fourth-order valence-electron chi connectivity index (χ4n) is 3.08. The first-order chi connectivity index (χ1) is 12.8. The molecule has 3 rings (SSSR count). The van der Waals surface area contributed by atoms with Crippen molar-refractivity contribution in [2.75, 3.05) is 37.6 Å². The Morgan fingerprint density at radius 1 is 1.11 bits per heavy atom. The summed E-state index contributed by atoms with van der Waals surface area (Å²) >= 11 is 5.91. The van der Waals surface area contributed by atoms with Crippen LogP contribution in [-0.4, -0.2) is 59.4 Å². The lowest BCUT2D eigenvalue weighted by molar-refractivity contribution is -0.156. The van der Waals surface area contributed by atoms with Gasteiger partial charge < -0.3 is 9.64 Å². The average molecular weight is 389 g/mol. The molecule has 1 saturated heterocycles. The third-order valence-corrected chi connectivity index (χ3v) is 4.52. The summed E-state index contributed by atoms with van der Waals surface area (Å²) in [5.74, 6) is -0.162. The molecule has 0 saturated carbocycles. The van der Waals surface area contributed by atoms with Crippen LogP contribution in [0.5, 0.6) is 0 Å². The normalized spacial score (nSPS) is 15.6. The molecule has 0 amide bonds. The molecule has 7 heteroatoms. The second-order valence-corrected chi connectivity index (χ2v) is 8.05. The first-order valence-corrected chi connectivity index (χ1v) is 9.46. The summed E-state index contributed by atoms with van der Waals surface area (Å²) in [4.78, 5) is 16.4. The van der Waals surface area contributed by atoms with Crippen LogP contribution in [0, 0.1) is 0 Å². The van der Waals surface area contributed by atoms with E-state index in [1.807, 2.05) is 20.8 Å². The van der Waals surface area contributed by atoms with E-state index < -0.39 is 5.60 Å². The van der Waals surface area contributed by atoms with Crippen molar-refractivity contribution in [3.63, 3.8) is 0 Å². The lowest BCUT2D eigenvalue weighted by atomic mass is 10.1. The lowest BCUT2D eigenvalue weighted by Gasteiger charge is -2.36. The number of carbonyl (C=O) groups is 1. The van der Waals surface area contributed by atoms with Gasteiger partial charge in [0.05, 0.1) is 12.7 Å². The van der Waals surface area contributed by atoms with E-state index in [0.717, 1.165) is 37.3 Å². The van der Waals surface area contributed by atoms with Crippen LogP contribution in [0.15, 0.2) is 36.5 Å². The molecule has 0 N–H and O–H groups in total. The SMILES string of the molecule is CC(C)(C)OC(=O)CN1CCN(c2ccc(-c3cnnc(Cl)c3)cc2)CC1. The fourth-order valence-corrected chi connectivity index (χ4v) is 3.24. The van der Waals surface area contributed by atoms with Gasteiger partial charge in [-0.2, -0.15) is 5.10 Å². The topological polar surface area (TPSA) is 58.6 Å². The highest BCUT2D eigenvalue weighted by molar-refractivity contribution is 6.29. The van der Waals surface area contributed by atoms with Crippen LogP contribution >= 0.6 is 11.6 Å².